The molecule has 0 bridgehead atoms. The van der Waals surface area contributed by atoms with Gasteiger partial charge in [-0.05, 0) is 36.4 Å². The maximum absolute atomic E-state index is 6.23. The molecule has 1 heterocycles. The number of pyridine rings is 1. The van der Waals surface area contributed by atoms with E-state index in [1.54, 1.807) is 18.3 Å². The Labute approximate surface area is 134 Å². The number of benzene rings is 2. The first-order valence-electron chi connectivity index (χ1n) is 6.87. The molecule has 0 spiro atoms. The zero-order chi connectivity index (χ0) is 15.2. The lowest BCUT2D eigenvalue weighted by Crippen LogP contribution is -2.17. The number of para-hydroxylation sites is 2. The molecule has 110 valence electrons. The van der Waals surface area contributed by atoms with Gasteiger partial charge in [0, 0.05) is 6.20 Å². The Bertz CT molecular complexity index is 678. The number of halogens is 1. The molecule has 0 aliphatic heterocycles. The van der Waals surface area contributed by atoms with Crippen LogP contribution in [0.4, 0.5) is 0 Å². The summed E-state index contributed by atoms with van der Waals surface area (Å²) in [6.45, 7) is 0. The number of rotatable bonds is 5. The van der Waals surface area contributed by atoms with Gasteiger partial charge in [0.15, 0.2) is 0 Å². The van der Waals surface area contributed by atoms with E-state index in [0.717, 1.165) is 0 Å². The van der Waals surface area contributed by atoms with Gasteiger partial charge in [0.25, 0.3) is 6.29 Å². The van der Waals surface area contributed by atoms with E-state index in [-0.39, 0.29) is 0 Å². The number of ether oxygens (including phenoxy) is 2. The van der Waals surface area contributed by atoms with E-state index in [9.17, 15) is 0 Å². The van der Waals surface area contributed by atoms with Crippen molar-refractivity contribution in [3.05, 3.63) is 89.7 Å². The van der Waals surface area contributed by atoms with Gasteiger partial charge in [0.2, 0.25) is 0 Å². The molecule has 22 heavy (non-hydrogen) atoms. The molecule has 0 amide bonds. The number of hydrogen-bond acceptors (Lipinski definition) is 3. The lowest BCUT2D eigenvalue weighted by atomic mass is 10.3. The summed E-state index contributed by atoms with van der Waals surface area (Å²) < 4.78 is 11.8. The van der Waals surface area contributed by atoms with Crippen LogP contribution in [-0.4, -0.2) is 4.98 Å². The van der Waals surface area contributed by atoms with E-state index in [1.165, 1.54) is 0 Å². The summed E-state index contributed by atoms with van der Waals surface area (Å²) in [4.78, 5) is 4.29. The molecule has 0 unspecified atom stereocenters. The van der Waals surface area contributed by atoms with E-state index in [4.69, 9.17) is 21.1 Å². The molecule has 0 saturated carbocycles. The van der Waals surface area contributed by atoms with Gasteiger partial charge in [0.05, 0.1) is 5.02 Å². The van der Waals surface area contributed by atoms with E-state index in [2.05, 4.69) is 4.98 Å². The van der Waals surface area contributed by atoms with Crippen LogP contribution in [0.5, 0.6) is 11.5 Å². The maximum atomic E-state index is 6.23. The summed E-state index contributed by atoms with van der Waals surface area (Å²) in [5, 5.41) is 0.499. The second-order valence-corrected chi connectivity index (χ2v) is 4.97. The normalized spacial score (nSPS) is 10.5. The van der Waals surface area contributed by atoms with Crippen molar-refractivity contribution < 1.29 is 9.47 Å². The fourth-order valence-corrected chi connectivity index (χ4v) is 2.16. The summed E-state index contributed by atoms with van der Waals surface area (Å²) in [6, 6.07) is 22.4. The molecule has 0 aliphatic rings. The highest BCUT2D eigenvalue weighted by Gasteiger charge is 2.20. The van der Waals surface area contributed by atoms with Crippen molar-refractivity contribution >= 4 is 11.6 Å². The van der Waals surface area contributed by atoms with Crippen molar-refractivity contribution in [3.63, 3.8) is 0 Å². The van der Waals surface area contributed by atoms with Crippen LogP contribution in [0.25, 0.3) is 0 Å². The summed E-state index contributed by atoms with van der Waals surface area (Å²) in [6.07, 6.45) is 0.940. The van der Waals surface area contributed by atoms with Crippen LogP contribution in [0, 0.1) is 0 Å². The molecule has 3 nitrogen and oxygen atoms in total. The fourth-order valence-electron chi connectivity index (χ4n) is 1.95. The van der Waals surface area contributed by atoms with Gasteiger partial charge < -0.3 is 9.47 Å². The predicted octanol–water partition coefficient (Wildman–Crippen LogP) is 4.89. The summed E-state index contributed by atoms with van der Waals surface area (Å²) in [7, 11) is 0. The monoisotopic (exact) mass is 311 g/mol. The molecule has 3 rings (SSSR count). The minimum Gasteiger partial charge on any atom is -0.449 e. The van der Waals surface area contributed by atoms with Gasteiger partial charge in [-0.15, -0.1) is 0 Å². The first-order chi connectivity index (χ1) is 10.8. The second kappa shape index (κ2) is 6.96. The third kappa shape index (κ3) is 3.57. The van der Waals surface area contributed by atoms with Crippen molar-refractivity contribution in [1.82, 2.24) is 4.98 Å². The van der Waals surface area contributed by atoms with Gasteiger partial charge >= 0.3 is 0 Å². The topological polar surface area (TPSA) is 31.4 Å². The van der Waals surface area contributed by atoms with Crippen LogP contribution in [0.15, 0.2) is 79.0 Å². The molecule has 1 aromatic heterocycles. The van der Waals surface area contributed by atoms with Gasteiger partial charge in [0.1, 0.15) is 17.2 Å². The van der Waals surface area contributed by atoms with E-state index < -0.39 is 6.29 Å². The third-order valence-electron chi connectivity index (χ3n) is 2.98. The molecule has 4 heteroatoms. The Morgan fingerprint density at radius 1 is 0.727 bits per heavy atom. The van der Waals surface area contributed by atoms with E-state index in [1.807, 2.05) is 60.7 Å². The molecule has 3 aromatic rings. The van der Waals surface area contributed by atoms with Crippen LogP contribution in [-0.2, 0) is 0 Å². The van der Waals surface area contributed by atoms with Crippen LogP contribution in [0.3, 0.4) is 0 Å². The highest BCUT2D eigenvalue weighted by atomic mass is 35.5. The third-order valence-corrected chi connectivity index (χ3v) is 3.30. The molecule has 0 atom stereocenters. The molecule has 2 aromatic carbocycles. The van der Waals surface area contributed by atoms with Gasteiger partial charge in [-0.2, -0.15) is 0 Å². The summed E-state index contributed by atoms with van der Waals surface area (Å²) >= 11 is 6.23. The lowest BCUT2D eigenvalue weighted by Gasteiger charge is -2.20. The average Bonchev–Trinajstić information content (AvgIpc) is 2.57. The highest BCUT2D eigenvalue weighted by molar-refractivity contribution is 6.31. The minimum atomic E-state index is -0.724. The molecular formula is C18H14ClNO2. The SMILES string of the molecule is Clc1cccnc1C(Oc1ccccc1)Oc1ccccc1. The Hall–Kier alpha value is -2.52. The molecule has 0 aliphatic carbocycles. The standard InChI is InChI=1S/C18H14ClNO2/c19-16-12-7-13-20-17(16)18(21-14-8-3-1-4-9-14)22-15-10-5-2-6-11-15/h1-13,18H. The number of hydrogen-bond donors (Lipinski definition) is 0. The summed E-state index contributed by atoms with van der Waals surface area (Å²) in [5.74, 6) is 1.37. The minimum absolute atomic E-state index is 0.499. The number of aromatic nitrogens is 1. The predicted molar refractivity (Wildman–Crippen MR) is 86.1 cm³/mol. The first-order valence-corrected chi connectivity index (χ1v) is 7.24. The zero-order valence-electron chi connectivity index (χ0n) is 11.7. The van der Waals surface area contributed by atoms with Crippen LogP contribution in [0.2, 0.25) is 5.02 Å². The average molecular weight is 312 g/mol. The van der Waals surface area contributed by atoms with Crippen molar-refractivity contribution in [2.45, 2.75) is 6.29 Å². The largest absolute Gasteiger partial charge is 0.449 e. The molecule has 0 radical (unpaired) electrons. The van der Waals surface area contributed by atoms with Crippen molar-refractivity contribution in [2.24, 2.45) is 0 Å². The quantitative estimate of drug-likeness (QED) is 0.629. The number of nitrogens with zero attached hydrogens (tertiary/aromatic N) is 1. The molecule has 0 fully saturated rings. The van der Waals surface area contributed by atoms with Crippen molar-refractivity contribution in [1.29, 1.82) is 0 Å². The van der Waals surface area contributed by atoms with Crippen LogP contribution in [0.1, 0.15) is 12.0 Å². The molecule has 0 N–H and O–H groups in total. The molecular weight excluding hydrogens is 298 g/mol. The Kier molecular flexibility index (Phi) is 4.56. The van der Waals surface area contributed by atoms with Gasteiger partial charge in [-0.1, -0.05) is 48.0 Å². The summed E-state index contributed by atoms with van der Waals surface area (Å²) in [5.41, 5.74) is 0.539. The lowest BCUT2D eigenvalue weighted by molar-refractivity contribution is 0.000431. The first kappa shape index (κ1) is 14.4. The van der Waals surface area contributed by atoms with Crippen molar-refractivity contribution in [3.8, 4) is 11.5 Å². The van der Waals surface area contributed by atoms with Crippen LogP contribution < -0.4 is 9.47 Å². The highest BCUT2D eigenvalue weighted by Crippen LogP contribution is 2.28. The maximum Gasteiger partial charge on any atom is 0.285 e. The van der Waals surface area contributed by atoms with Crippen LogP contribution >= 0.6 is 11.6 Å². The fraction of sp³-hybridized carbons (Fsp3) is 0.0556. The Balaban J connectivity index is 1.90. The Morgan fingerprint density at radius 3 is 1.77 bits per heavy atom. The zero-order valence-corrected chi connectivity index (χ0v) is 12.5. The second-order valence-electron chi connectivity index (χ2n) is 4.56. The van der Waals surface area contributed by atoms with Gasteiger partial charge in [-0.3, -0.25) is 4.98 Å². The Morgan fingerprint density at radius 2 is 1.27 bits per heavy atom. The van der Waals surface area contributed by atoms with Crippen molar-refractivity contribution in [2.75, 3.05) is 0 Å². The molecule has 0 saturated heterocycles. The van der Waals surface area contributed by atoms with E-state index >= 15 is 0 Å². The smallest absolute Gasteiger partial charge is 0.285 e. The van der Waals surface area contributed by atoms with E-state index in [0.29, 0.717) is 22.2 Å². The van der Waals surface area contributed by atoms with Gasteiger partial charge in [-0.25, -0.2) is 0 Å².